The van der Waals surface area contributed by atoms with Crippen LogP contribution in [0.1, 0.15) is 31.4 Å². The Hall–Kier alpha value is -1.75. The number of aliphatic hydroxyl groups is 1. The quantitative estimate of drug-likeness (QED) is 0.669. The fraction of sp³-hybridized carbons (Fsp3) is 0.400. The third-order valence-electron chi connectivity index (χ3n) is 3.88. The van der Waals surface area contributed by atoms with E-state index in [1.54, 1.807) is 0 Å². The molecule has 0 aromatic heterocycles. The van der Waals surface area contributed by atoms with Gasteiger partial charge in [0.05, 0.1) is 13.2 Å². The molecule has 1 atom stereocenters. The summed E-state index contributed by atoms with van der Waals surface area (Å²) in [6, 6.07) is 16.1. The molecular weight excluding hydrogens is 338 g/mol. The summed E-state index contributed by atoms with van der Waals surface area (Å²) in [5.74, 6) is 1.52. The van der Waals surface area contributed by atoms with Crippen molar-refractivity contribution in [1.29, 1.82) is 0 Å². The number of aliphatic hydroxyl groups excluding tert-OH is 1. The molecule has 0 radical (unpaired) electrons. The van der Waals surface area contributed by atoms with Crippen LogP contribution in [0.4, 0.5) is 0 Å². The number of benzene rings is 2. The van der Waals surface area contributed by atoms with Gasteiger partial charge in [0.15, 0.2) is 11.5 Å². The largest absolute Gasteiger partial charge is 0.490 e. The monoisotopic (exact) mass is 365 g/mol. The highest BCUT2D eigenvalue weighted by Gasteiger charge is 2.13. The molecule has 0 fully saturated rings. The van der Waals surface area contributed by atoms with Crippen LogP contribution in [0.15, 0.2) is 48.5 Å². The lowest BCUT2D eigenvalue weighted by Crippen LogP contribution is -2.31. The molecule has 0 heterocycles. The van der Waals surface area contributed by atoms with Crippen molar-refractivity contribution in [3.8, 4) is 11.5 Å². The lowest BCUT2D eigenvalue weighted by atomic mass is 10.1. The highest BCUT2D eigenvalue weighted by Crippen LogP contribution is 2.32. The van der Waals surface area contributed by atoms with E-state index in [-0.39, 0.29) is 25.1 Å². The number of rotatable bonds is 10. The molecule has 2 N–H and O–H groups in total. The summed E-state index contributed by atoms with van der Waals surface area (Å²) in [5.41, 5.74) is 2.15. The van der Waals surface area contributed by atoms with Gasteiger partial charge in [-0.3, -0.25) is 0 Å². The standard InChI is InChI=1S/C20H27NO3.ClH/c1-3-18(14-22)21-13-17-11-8-12-19(23-4-2)20(17)24-15-16-9-6-5-7-10-16;/h5-12,18,21-22H,3-4,13-15H2,1-2H3;1H. The first-order valence-electron chi connectivity index (χ1n) is 8.54. The Labute approximate surface area is 156 Å². The van der Waals surface area contributed by atoms with Gasteiger partial charge in [-0.15, -0.1) is 12.4 Å². The predicted molar refractivity (Wildman–Crippen MR) is 104 cm³/mol. The van der Waals surface area contributed by atoms with Crippen LogP contribution < -0.4 is 14.8 Å². The van der Waals surface area contributed by atoms with Crippen molar-refractivity contribution < 1.29 is 14.6 Å². The molecule has 0 saturated heterocycles. The average molecular weight is 366 g/mol. The number of hydrogen-bond donors (Lipinski definition) is 2. The molecule has 0 spiro atoms. The number of para-hydroxylation sites is 1. The van der Waals surface area contributed by atoms with E-state index in [2.05, 4.69) is 12.2 Å². The van der Waals surface area contributed by atoms with Crippen molar-refractivity contribution in [2.45, 2.75) is 39.5 Å². The molecule has 2 rings (SSSR count). The minimum absolute atomic E-state index is 0. The summed E-state index contributed by atoms with van der Waals surface area (Å²) in [6.45, 7) is 5.86. The van der Waals surface area contributed by atoms with Crippen molar-refractivity contribution in [1.82, 2.24) is 5.32 Å². The van der Waals surface area contributed by atoms with Gasteiger partial charge >= 0.3 is 0 Å². The van der Waals surface area contributed by atoms with Crippen LogP contribution in [-0.2, 0) is 13.2 Å². The number of nitrogens with one attached hydrogen (secondary N) is 1. The van der Waals surface area contributed by atoms with Gasteiger partial charge in [0.25, 0.3) is 0 Å². The third kappa shape index (κ3) is 6.58. The van der Waals surface area contributed by atoms with E-state index in [9.17, 15) is 5.11 Å². The van der Waals surface area contributed by atoms with Crippen molar-refractivity contribution in [2.24, 2.45) is 0 Å². The van der Waals surface area contributed by atoms with Gasteiger partial charge in [-0.25, -0.2) is 0 Å². The van der Waals surface area contributed by atoms with Gasteiger partial charge in [-0.1, -0.05) is 49.4 Å². The van der Waals surface area contributed by atoms with Crippen molar-refractivity contribution in [3.63, 3.8) is 0 Å². The van der Waals surface area contributed by atoms with Crippen LogP contribution in [0.2, 0.25) is 0 Å². The molecular formula is C20H28ClNO3. The zero-order valence-electron chi connectivity index (χ0n) is 14.9. The summed E-state index contributed by atoms with van der Waals surface area (Å²) in [4.78, 5) is 0. The molecule has 0 aliphatic rings. The number of ether oxygens (including phenoxy) is 2. The Balaban J connectivity index is 0.00000312. The normalized spacial score (nSPS) is 11.5. The molecule has 4 nitrogen and oxygen atoms in total. The van der Waals surface area contributed by atoms with E-state index in [0.29, 0.717) is 19.8 Å². The highest BCUT2D eigenvalue weighted by molar-refractivity contribution is 5.85. The molecule has 25 heavy (non-hydrogen) atoms. The second kappa shape index (κ2) is 11.7. The van der Waals surface area contributed by atoms with E-state index in [1.807, 2.05) is 55.5 Å². The second-order valence-corrected chi connectivity index (χ2v) is 5.62. The van der Waals surface area contributed by atoms with Crippen molar-refractivity contribution in [2.75, 3.05) is 13.2 Å². The molecule has 0 amide bonds. The lowest BCUT2D eigenvalue weighted by Gasteiger charge is -2.19. The molecule has 138 valence electrons. The van der Waals surface area contributed by atoms with Crippen LogP contribution in [0, 0.1) is 0 Å². The van der Waals surface area contributed by atoms with E-state index < -0.39 is 0 Å². The molecule has 0 aliphatic carbocycles. The maximum atomic E-state index is 9.35. The maximum Gasteiger partial charge on any atom is 0.166 e. The molecule has 1 unspecified atom stereocenters. The minimum Gasteiger partial charge on any atom is -0.490 e. The fourth-order valence-electron chi connectivity index (χ4n) is 2.46. The summed E-state index contributed by atoms with van der Waals surface area (Å²) >= 11 is 0. The first-order chi connectivity index (χ1) is 11.8. The predicted octanol–water partition coefficient (Wildman–Crippen LogP) is 3.95. The van der Waals surface area contributed by atoms with Gasteiger partial charge in [-0.05, 0) is 25.0 Å². The van der Waals surface area contributed by atoms with Gasteiger partial charge in [0.2, 0.25) is 0 Å². The Kier molecular flexibility index (Phi) is 10.0. The molecule has 0 bridgehead atoms. The number of halogens is 1. The van der Waals surface area contributed by atoms with Gasteiger partial charge in [0, 0.05) is 18.2 Å². The average Bonchev–Trinajstić information content (AvgIpc) is 2.63. The summed E-state index contributed by atoms with van der Waals surface area (Å²) in [6.07, 6.45) is 0.877. The fourth-order valence-corrected chi connectivity index (χ4v) is 2.46. The highest BCUT2D eigenvalue weighted by atomic mass is 35.5. The Bertz CT molecular complexity index is 603. The first-order valence-corrected chi connectivity index (χ1v) is 8.54. The summed E-state index contributed by atoms with van der Waals surface area (Å²) < 4.78 is 11.8. The summed E-state index contributed by atoms with van der Waals surface area (Å²) in [5, 5.41) is 12.7. The smallest absolute Gasteiger partial charge is 0.166 e. The first kappa shape index (κ1) is 21.3. The molecule has 5 heteroatoms. The van der Waals surface area contributed by atoms with E-state index in [0.717, 1.165) is 29.0 Å². The zero-order valence-corrected chi connectivity index (χ0v) is 15.7. The summed E-state index contributed by atoms with van der Waals surface area (Å²) in [7, 11) is 0. The van der Waals surface area contributed by atoms with Crippen molar-refractivity contribution in [3.05, 3.63) is 59.7 Å². The third-order valence-corrected chi connectivity index (χ3v) is 3.88. The van der Waals surface area contributed by atoms with Crippen LogP contribution in [0.25, 0.3) is 0 Å². The lowest BCUT2D eigenvalue weighted by molar-refractivity contribution is 0.236. The second-order valence-electron chi connectivity index (χ2n) is 5.62. The van der Waals surface area contributed by atoms with E-state index >= 15 is 0 Å². The molecule has 2 aromatic rings. The number of hydrogen-bond acceptors (Lipinski definition) is 4. The van der Waals surface area contributed by atoms with Crippen molar-refractivity contribution >= 4 is 12.4 Å². The topological polar surface area (TPSA) is 50.7 Å². The van der Waals surface area contributed by atoms with Crippen LogP contribution in [-0.4, -0.2) is 24.4 Å². The van der Waals surface area contributed by atoms with E-state index in [4.69, 9.17) is 9.47 Å². The SMILES string of the molecule is CCOc1cccc(CNC(CC)CO)c1OCc1ccccc1.Cl. The Morgan fingerprint density at radius 2 is 1.76 bits per heavy atom. The Morgan fingerprint density at radius 3 is 2.40 bits per heavy atom. The molecule has 0 saturated carbocycles. The maximum absolute atomic E-state index is 9.35. The van der Waals surface area contributed by atoms with E-state index in [1.165, 1.54) is 0 Å². The van der Waals surface area contributed by atoms with Gasteiger partial charge in [-0.2, -0.15) is 0 Å². The Morgan fingerprint density at radius 1 is 1.00 bits per heavy atom. The van der Waals surface area contributed by atoms with Gasteiger partial charge in [0.1, 0.15) is 6.61 Å². The van der Waals surface area contributed by atoms with Gasteiger partial charge < -0.3 is 19.9 Å². The van der Waals surface area contributed by atoms with Crippen LogP contribution >= 0.6 is 12.4 Å². The molecule has 0 aliphatic heterocycles. The molecule has 2 aromatic carbocycles. The minimum atomic E-state index is 0. The van der Waals surface area contributed by atoms with Crippen LogP contribution in [0.5, 0.6) is 11.5 Å². The zero-order chi connectivity index (χ0) is 17.2. The van der Waals surface area contributed by atoms with Crippen LogP contribution in [0.3, 0.4) is 0 Å².